The van der Waals surface area contributed by atoms with Crippen molar-refractivity contribution in [2.45, 2.75) is 25.8 Å². The van der Waals surface area contributed by atoms with E-state index in [4.69, 9.17) is 5.11 Å². The third-order valence-electron chi connectivity index (χ3n) is 4.25. The van der Waals surface area contributed by atoms with Gasteiger partial charge in [-0.25, -0.2) is 9.78 Å². The Morgan fingerprint density at radius 2 is 2.27 bits per heavy atom. The van der Waals surface area contributed by atoms with Gasteiger partial charge in [0, 0.05) is 32.3 Å². The molecule has 1 N–H and O–H groups in total. The van der Waals surface area contributed by atoms with Crippen molar-refractivity contribution in [1.82, 2.24) is 14.5 Å². The Hall–Kier alpha value is -2.14. The van der Waals surface area contributed by atoms with E-state index < -0.39 is 5.97 Å². The maximum Gasteiger partial charge on any atom is 0.335 e. The van der Waals surface area contributed by atoms with Crippen LogP contribution in [0.2, 0.25) is 0 Å². The van der Waals surface area contributed by atoms with Gasteiger partial charge in [-0.2, -0.15) is 0 Å². The molecule has 0 saturated carbocycles. The Morgan fingerprint density at radius 1 is 1.45 bits per heavy atom. The quantitative estimate of drug-likeness (QED) is 0.942. The van der Waals surface area contributed by atoms with Crippen molar-refractivity contribution in [2.75, 3.05) is 13.1 Å². The molecule has 1 saturated heterocycles. The SMILES string of the molecule is Cc1cn(C)c([C@H]2CCN(Cc3cccc(C(=O)O)c3)C2)n1. The van der Waals surface area contributed by atoms with E-state index in [1.165, 1.54) is 0 Å². The second-order valence-corrected chi connectivity index (χ2v) is 6.08. The van der Waals surface area contributed by atoms with E-state index >= 15 is 0 Å². The molecular formula is C17H21N3O2. The van der Waals surface area contributed by atoms with Crippen LogP contribution in [0.4, 0.5) is 0 Å². The molecule has 116 valence electrons. The monoisotopic (exact) mass is 299 g/mol. The van der Waals surface area contributed by atoms with E-state index in [0.29, 0.717) is 11.5 Å². The Kier molecular flexibility index (Phi) is 3.98. The summed E-state index contributed by atoms with van der Waals surface area (Å²) >= 11 is 0. The standard InChI is InChI=1S/C17H21N3O2/c1-12-9-19(2)16(18-12)15-6-7-20(11-15)10-13-4-3-5-14(8-13)17(21)22/h3-5,8-9,15H,6-7,10-11H2,1-2H3,(H,21,22)/t15-/m0/s1. The van der Waals surface area contributed by atoms with Crippen LogP contribution < -0.4 is 0 Å². The summed E-state index contributed by atoms with van der Waals surface area (Å²) in [5.41, 5.74) is 2.47. The molecule has 0 radical (unpaired) electrons. The topological polar surface area (TPSA) is 58.4 Å². The van der Waals surface area contributed by atoms with Crippen molar-refractivity contribution < 1.29 is 9.90 Å². The van der Waals surface area contributed by atoms with Gasteiger partial charge in [0.15, 0.2) is 0 Å². The average molecular weight is 299 g/mol. The lowest BCUT2D eigenvalue weighted by atomic mass is 10.1. The van der Waals surface area contributed by atoms with E-state index in [2.05, 4.69) is 20.6 Å². The van der Waals surface area contributed by atoms with Gasteiger partial charge in [-0.3, -0.25) is 4.90 Å². The highest BCUT2D eigenvalue weighted by molar-refractivity contribution is 5.87. The summed E-state index contributed by atoms with van der Waals surface area (Å²) in [6.07, 6.45) is 3.16. The minimum Gasteiger partial charge on any atom is -0.478 e. The van der Waals surface area contributed by atoms with Crippen molar-refractivity contribution in [1.29, 1.82) is 0 Å². The summed E-state index contributed by atoms with van der Waals surface area (Å²) < 4.78 is 2.12. The number of nitrogens with zero attached hydrogens (tertiary/aromatic N) is 3. The predicted molar refractivity (Wildman–Crippen MR) is 84.0 cm³/mol. The van der Waals surface area contributed by atoms with Crippen molar-refractivity contribution >= 4 is 5.97 Å². The van der Waals surface area contributed by atoms with Gasteiger partial charge in [0.05, 0.1) is 11.3 Å². The predicted octanol–water partition coefficient (Wildman–Crippen LogP) is 2.42. The lowest BCUT2D eigenvalue weighted by molar-refractivity contribution is 0.0696. The largest absolute Gasteiger partial charge is 0.478 e. The van der Waals surface area contributed by atoms with Crippen LogP contribution in [0.3, 0.4) is 0 Å². The van der Waals surface area contributed by atoms with Crippen LogP contribution in [-0.4, -0.2) is 38.6 Å². The van der Waals surface area contributed by atoms with Gasteiger partial charge in [0.2, 0.25) is 0 Å². The second-order valence-electron chi connectivity index (χ2n) is 6.08. The van der Waals surface area contributed by atoms with Crippen molar-refractivity contribution in [2.24, 2.45) is 7.05 Å². The summed E-state index contributed by atoms with van der Waals surface area (Å²) in [5, 5.41) is 9.07. The number of hydrogen-bond acceptors (Lipinski definition) is 3. The molecular weight excluding hydrogens is 278 g/mol. The molecule has 1 aliphatic rings. The molecule has 22 heavy (non-hydrogen) atoms. The van der Waals surface area contributed by atoms with Crippen LogP contribution in [0.15, 0.2) is 30.5 Å². The molecule has 0 bridgehead atoms. The first-order chi connectivity index (χ1) is 10.5. The summed E-state index contributed by atoms with van der Waals surface area (Å²) in [4.78, 5) is 18.0. The van der Waals surface area contributed by atoms with Gasteiger partial charge in [-0.05, 0) is 37.6 Å². The molecule has 2 aromatic rings. The van der Waals surface area contributed by atoms with E-state index in [0.717, 1.165) is 43.1 Å². The molecule has 1 fully saturated rings. The molecule has 5 nitrogen and oxygen atoms in total. The molecule has 3 rings (SSSR count). The molecule has 1 atom stereocenters. The van der Waals surface area contributed by atoms with Gasteiger partial charge in [0.25, 0.3) is 0 Å². The molecule has 1 aromatic carbocycles. The third-order valence-corrected chi connectivity index (χ3v) is 4.25. The summed E-state index contributed by atoms with van der Waals surface area (Å²) in [5.74, 6) is 0.741. The smallest absolute Gasteiger partial charge is 0.335 e. The first-order valence-electron chi connectivity index (χ1n) is 7.57. The number of benzene rings is 1. The van der Waals surface area contributed by atoms with Crippen molar-refractivity contribution in [3.8, 4) is 0 Å². The van der Waals surface area contributed by atoms with E-state index in [1.807, 2.05) is 26.1 Å². The number of imidazole rings is 1. The fourth-order valence-electron chi connectivity index (χ4n) is 3.26. The fraction of sp³-hybridized carbons (Fsp3) is 0.412. The Balaban J connectivity index is 1.67. The van der Waals surface area contributed by atoms with E-state index in [-0.39, 0.29) is 0 Å². The average Bonchev–Trinajstić information content (AvgIpc) is 3.05. The zero-order chi connectivity index (χ0) is 15.7. The van der Waals surface area contributed by atoms with Crippen molar-refractivity contribution in [3.63, 3.8) is 0 Å². The number of aromatic nitrogens is 2. The van der Waals surface area contributed by atoms with Crippen LogP contribution in [0.25, 0.3) is 0 Å². The number of aromatic carboxylic acids is 1. The molecule has 0 unspecified atom stereocenters. The molecule has 0 amide bonds. The van der Waals surface area contributed by atoms with Crippen LogP contribution in [-0.2, 0) is 13.6 Å². The molecule has 1 aromatic heterocycles. The lowest BCUT2D eigenvalue weighted by Crippen LogP contribution is -2.20. The van der Waals surface area contributed by atoms with Gasteiger partial charge in [-0.15, -0.1) is 0 Å². The second kappa shape index (κ2) is 5.93. The molecule has 0 spiro atoms. The number of likely N-dealkylation sites (tertiary alicyclic amines) is 1. The van der Waals surface area contributed by atoms with Gasteiger partial charge in [-0.1, -0.05) is 12.1 Å². The minimum atomic E-state index is -0.871. The van der Waals surface area contributed by atoms with Gasteiger partial charge >= 0.3 is 5.97 Å². The van der Waals surface area contributed by atoms with Gasteiger partial charge < -0.3 is 9.67 Å². The number of carboxylic acids is 1. The minimum absolute atomic E-state index is 0.355. The van der Waals surface area contributed by atoms with Crippen molar-refractivity contribution in [3.05, 3.63) is 53.1 Å². The summed E-state index contributed by atoms with van der Waals surface area (Å²) in [6.45, 7) is 4.81. The molecule has 2 heterocycles. The zero-order valence-electron chi connectivity index (χ0n) is 13.0. The van der Waals surface area contributed by atoms with Crippen LogP contribution in [0, 0.1) is 6.92 Å². The lowest BCUT2D eigenvalue weighted by Gasteiger charge is -2.16. The number of carboxylic acid groups (broad SMARTS) is 1. The van der Waals surface area contributed by atoms with Crippen LogP contribution >= 0.6 is 0 Å². The molecule has 0 aliphatic carbocycles. The van der Waals surface area contributed by atoms with E-state index in [9.17, 15) is 4.79 Å². The van der Waals surface area contributed by atoms with Crippen LogP contribution in [0.1, 0.15) is 39.8 Å². The highest BCUT2D eigenvalue weighted by atomic mass is 16.4. The van der Waals surface area contributed by atoms with E-state index in [1.54, 1.807) is 12.1 Å². The number of aryl methyl sites for hydroxylation is 2. The summed E-state index contributed by atoms with van der Waals surface area (Å²) in [7, 11) is 2.05. The Morgan fingerprint density at radius 3 is 2.95 bits per heavy atom. The first kappa shape index (κ1) is 14.8. The Bertz CT molecular complexity index is 693. The molecule has 1 aliphatic heterocycles. The number of rotatable bonds is 4. The Labute approximate surface area is 130 Å². The molecule has 5 heteroatoms. The fourth-order valence-corrected chi connectivity index (χ4v) is 3.26. The maximum atomic E-state index is 11.0. The highest BCUT2D eigenvalue weighted by Gasteiger charge is 2.27. The third kappa shape index (κ3) is 3.04. The van der Waals surface area contributed by atoms with Crippen LogP contribution in [0.5, 0.6) is 0 Å². The zero-order valence-corrected chi connectivity index (χ0v) is 13.0. The summed E-state index contributed by atoms with van der Waals surface area (Å²) in [6, 6.07) is 7.20. The maximum absolute atomic E-state index is 11.0. The van der Waals surface area contributed by atoms with Gasteiger partial charge in [0.1, 0.15) is 5.82 Å². The normalized spacial score (nSPS) is 18.7. The number of hydrogen-bond donors (Lipinski definition) is 1. The number of carbonyl (C=O) groups is 1. The highest BCUT2D eigenvalue weighted by Crippen LogP contribution is 2.27. The first-order valence-corrected chi connectivity index (χ1v) is 7.57.